The summed E-state index contributed by atoms with van der Waals surface area (Å²) in [5.74, 6) is -1.95. The Bertz CT molecular complexity index is 1610. The van der Waals surface area contributed by atoms with Crippen molar-refractivity contribution < 1.29 is 27.9 Å². The van der Waals surface area contributed by atoms with Gasteiger partial charge in [-0.15, -0.1) is 0 Å². The monoisotopic (exact) mass is 580 g/mol. The molecule has 0 unspecified atom stereocenters. The van der Waals surface area contributed by atoms with E-state index < -0.39 is 35.8 Å². The minimum Gasteiger partial charge on any atom is -0.489 e. The Hall–Kier alpha value is -4.44. The summed E-state index contributed by atoms with van der Waals surface area (Å²) in [5.41, 5.74) is 7.45. The van der Waals surface area contributed by atoms with Crippen molar-refractivity contribution in [1.29, 1.82) is 0 Å². The number of benzene rings is 3. The average Bonchev–Trinajstić information content (AvgIpc) is 3.53. The molecule has 1 fully saturated rings. The second kappa shape index (κ2) is 12.0. The number of amides is 3. The Kier molecular flexibility index (Phi) is 8.21. The molecule has 3 aromatic carbocycles. The number of carbonyl (C=O) groups is 3. The van der Waals surface area contributed by atoms with Crippen LogP contribution >= 0.6 is 11.6 Å². The van der Waals surface area contributed by atoms with Crippen molar-refractivity contribution in [3.63, 3.8) is 0 Å². The third kappa shape index (κ3) is 6.17. The van der Waals surface area contributed by atoms with Crippen LogP contribution < -0.4 is 15.8 Å². The number of nitrogens with zero attached hydrogens (tertiary/aromatic N) is 2. The van der Waals surface area contributed by atoms with Gasteiger partial charge in [0.25, 0.3) is 5.91 Å². The van der Waals surface area contributed by atoms with E-state index in [0.717, 1.165) is 5.56 Å². The minimum absolute atomic E-state index is 0.0823. The third-order valence-electron chi connectivity index (χ3n) is 7.03. The molecule has 212 valence electrons. The molecule has 2 atom stereocenters. The molecule has 41 heavy (non-hydrogen) atoms. The van der Waals surface area contributed by atoms with Crippen LogP contribution in [0.5, 0.6) is 5.75 Å². The van der Waals surface area contributed by atoms with Crippen molar-refractivity contribution in [3.8, 4) is 5.75 Å². The molecular weight excluding hydrogens is 554 g/mol. The zero-order valence-electron chi connectivity index (χ0n) is 21.9. The van der Waals surface area contributed by atoms with Gasteiger partial charge in [-0.1, -0.05) is 54.1 Å². The number of nitrogens with one attached hydrogen (secondary N) is 1. The van der Waals surface area contributed by atoms with Crippen molar-refractivity contribution >= 4 is 40.2 Å². The molecule has 8 nitrogen and oxygen atoms in total. The van der Waals surface area contributed by atoms with Gasteiger partial charge < -0.3 is 25.3 Å². The SMILES string of the molecule is NC(=O)c1cn(CC(=O)N2C[C@H](F)C[C@H]2C(=O)NCc2cccc(Cl)c2F)c2cc(OCc3ccccc3)ccc12. The smallest absolute Gasteiger partial charge is 0.250 e. The molecule has 11 heteroatoms. The highest BCUT2D eigenvalue weighted by Crippen LogP contribution is 2.28. The maximum atomic E-state index is 14.5. The van der Waals surface area contributed by atoms with Crippen LogP contribution in [-0.4, -0.2) is 45.9 Å². The molecule has 5 rings (SSSR count). The maximum Gasteiger partial charge on any atom is 0.250 e. The van der Waals surface area contributed by atoms with Gasteiger partial charge in [-0.25, -0.2) is 8.78 Å². The molecule has 1 aliphatic rings. The highest BCUT2D eigenvalue weighted by Gasteiger charge is 2.39. The summed E-state index contributed by atoms with van der Waals surface area (Å²) in [4.78, 5) is 39.7. The summed E-state index contributed by atoms with van der Waals surface area (Å²) in [5, 5.41) is 3.02. The molecule has 3 N–H and O–H groups in total. The Labute approximate surface area is 239 Å². The lowest BCUT2D eigenvalue weighted by Crippen LogP contribution is -2.46. The second-order valence-corrected chi connectivity index (χ2v) is 10.2. The molecule has 3 amide bonds. The van der Waals surface area contributed by atoms with Gasteiger partial charge in [0.15, 0.2) is 0 Å². The van der Waals surface area contributed by atoms with Gasteiger partial charge in [-0.2, -0.15) is 0 Å². The maximum absolute atomic E-state index is 14.5. The molecule has 0 bridgehead atoms. The average molecular weight is 581 g/mol. The molecule has 1 aromatic heterocycles. The fourth-order valence-electron chi connectivity index (χ4n) is 4.96. The number of carbonyl (C=O) groups excluding carboxylic acids is 3. The zero-order chi connectivity index (χ0) is 29.1. The van der Waals surface area contributed by atoms with Crippen LogP contribution in [0.4, 0.5) is 8.78 Å². The molecule has 4 aromatic rings. The number of fused-ring (bicyclic) bond motifs is 1. The molecule has 0 saturated carbocycles. The summed E-state index contributed by atoms with van der Waals surface area (Å²) in [6.45, 7) is -0.395. The summed E-state index contributed by atoms with van der Waals surface area (Å²) < 4.78 is 36.1. The lowest BCUT2D eigenvalue weighted by molar-refractivity contribution is -0.139. The van der Waals surface area contributed by atoms with E-state index in [1.54, 1.807) is 24.3 Å². The summed E-state index contributed by atoms with van der Waals surface area (Å²) in [6.07, 6.45) is -0.129. The van der Waals surface area contributed by atoms with E-state index in [1.807, 2.05) is 30.3 Å². The Morgan fingerprint density at radius 1 is 1.07 bits per heavy atom. The van der Waals surface area contributed by atoms with Crippen LogP contribution in [-0.2, 0) is 29.3 Å². The van der Waals surface area contributed by atoms with Gasteiger partial charge in [0.05, 0.1) is 22.6 Å². The van der Waals surface area contributed by atoms with E-state index in [4.69, 9.17) is 22.1 Å². The van der Waals surface area contributed by atoms with Crippen molar-refractivity contribution in [2.75, 3.05) is 6.54 Å². The van der Waals surface area contributed by atoms with Crippen LogP contribution in [0.2, 0.25) is 5.02 Å². The van der Waals surface area contributed by atoms with Gasteiger partial charge >= 0.3 is 0 Å². The van der Waals surface area contributed by atoms with Crippen LogP contribution in [0.1, 0.15) is 27.9 Å². The number of alkyl halides is 1. The van der Waals surface area contributed by atoms with E-state index in [2.05, 4.69) is 5.32 Å². The topological polar surface area (TPSA) is 107 Å². The zero-order valence-corrected chi connectivity index (χ0v) is 22.6. The standard InChI is InChI=1S/C30H27ClF2N4O4/c31-24-8-4-7-19(28(24)33)13-35-30(40)26-11-20(32)14-37(26)27(38)16-36-15-23(29(34)39)22-10-9-21(12-25(22)36)41-17-18-5-2-1-3-6-18/h1-10,12,15,20,26H,11,13-14,16-17H2,(H2,34,39)(H,35,40)/t20-,26+/m1/s1. The first-order chi connectivity index (χ1) is 19.7. The number of aromatic nitrogens is 1. The molecule has 1 aliphatic heterocycles. The van der Waals surface area contributed by atoms with E-state index in [9.17, 15) is 23.2 Å². The highest BCUT2D eigenvalue weighted by molar-refractivity contribution is 6.30. The van der Waals surface area contributed by atoms with Crippen LogP contribution in [0, 0.1) is 5.82 Å². The van der Waals surface area contributed by atoms with E-state index >= 15 is 0 Å². The summed E-state index contributed by atoms with van der Waals surface area (Å²) in [6, 6.07) is 18.0. The quantitative estimate of drug-likeness (QED) is 0.307. The van der Waals surface area contributed by atoms with Crippen molar-refractivity contribution in [2.24, 2.45) is 5.73 Å². The highest BCUT2D eigenvalue weighted by atomic mass is 35.5. The lowest BCUT2D eigenvalue weighted by Gasteiger charge is -2.24. The Morgan fingerprint density at radius 3 is 2.61 bits per heavy atom. The fraction of sp³-hybridized carbons (Fsp3) is 0.233. The van der Waals surface area contributed by atoms with Gasteiger partial charge in [0, 0.05) is 36.2 Å². The number of hydrogen-bond donors (Lipinski definition) is 2. The largest absolute Gasteiger partial charge is 0.489 e. The number of hydrogen-bond acceptors (Lipinski definition) is 4. The fourth-order valence-corrected chi connectivity index (χ4v) is 5.15. The normalized spacial score (nSPS) is 16.6. The molecule has 0 radical (unpaired) electrons. The summed E-state index contributed by atoms with van der Waals surface area (Å²) >= 11 is 5.81. The predicted octanol–water partition coefficient (Wildman–Crippen LogP) is 4.37. The van der Waals surface area contributed by atoms with Crippen LogP contribution in [0.3, 0.4) is 0 Å². The first kappa shape index (κ1) is 28.1. The number of primary amides is 1. The Balaban J connectivity index is 1.33. The number of nitrogens with two attached hydrogens (primary N) is 1. The van der Waals surface area contributed by atoms with Crippen molar-refractivity contribution in [1.82, 2.24) is 14.8 Å². The Morgan fingerprint density at radius 2 is 1.85 bits per heavy atom. The number of ether oxygens (including phenoxy) is 1. The van der Waals surface area contributed by atoms with E-state index in [0.29, 0.717) is 23.3 Å². The predicted molar refractivity (Wildman–Crippen MR) is 150 cm³/mol. The summed E-state index contributed by atoms with van der Waals surface area (Å²) in [7, 11) is 0. The molecular formula is C30H27ClF2N4O4. The first-order valence-corrected chi connectivity index (χ1v) is 13.3. The second-order valence-electron chi connectivity index (χ2n) is 9.81. The molecule has 1 saturated heterocycles. The minimum atomic E-state index is -1.40. The van der Waals surface area contributed by atoms with Gasteiger partial charge in [-0.3, -0.25) is 14.4 Å². The number of rotatable bonds is 9. The van der Waals surface area contributed by atoms with Crippen molar-refractivity contribution in [3.05, 3.63) is 100 Å². The molecule has 0 spiro atoms. The van der Waals surface area contributed by atoms with Gasteiger partial charge in [0.2, 0.25) is 11.8 Å². The number of halogens is 3. The lowest BCUT2D eigenvalue weighted by atomic mass is 10.1. The van der Waals surface area contributed by atoms with Gasteiger partial charge in [0.1, 0.15) is 36.9 Å². The van der Waals surface area contributed by atoms with Crippen LogP contribution in [0.15, 0.2) is 72.9 Å². The van der Waals surface area contributed by atoms with E-state index in [1.165, 1.54) is 27.8 Å². The van der Waals surface area contributed by atoms with Crippen LogP contribution in [0.25, 0.3) is 10.9 Å². The van der Waals surface area contributed by atoms with Gasteiger partial charge in [-0.05, 0) is 23.8 Å². The third-order valence-corrected chi connectivity index (χ3v) is 7.32. The molecule has 0 aliphatic carbocycles. The van der Waals surface area contributed by atoms with Crippen molar-refractivity contribution in [2.45, 2.75) is 38.3 Å². The van der Waals surface area contributed by atoms with E-state index in [-0.39, 0.29) is 42.2 Å². The first-order valence-electron chi connectivity index (χ1n) is 12.9. The molecule has 2 heterocycles. The number of likely N-dealkylation sites (tertiary alicyclic amines) is 1.